The molecule has 3 heterocycles. The van der Waals surface area contributed by atoms with Crippen LogP contribution in [0.25, 0.3) is 0 Å². The zero-order valence-corrected chi connectivity index (χ0v) is 27.0. The zero-order valence-electron chi connectivity index (χ0n) is 23.4. The third-order valence-corrected chi connectivity index (χ3v) is 9.83. The van der Waals surface area contributed by atoms with Gasteiger partial charge in [-0.2, -0.15) is 0 Å². The largest absolute Gasteiger partial charge is 0.490 e. The first kappa shape index (κ1) is 30.2. The number of carbonyl (C=O) groups excluding carboxylic acids is 3. The van der Waals surface area contributed by atoms with Crippen molar-refractivity contribution in [2.75, 3.05) is 32.1 Å². The first-order valence-electron chi connectivity index (χ1n) is 14.1. The van der Waals surface area contributed by atoms with Gasteiger partial charge in [-0.3, -0.25) is 19.3 Å². The molecule has 224 valence electrons. The summed E-state index contributed by atoms with van der Waals surface area (Å²) in [5, 5.41) is 7.30. The Morgan fingerprint density at radius 3 is 2.56 bits per heavy atom. The topological polar surface area (TPSA) is 97.0 Å². The first-order valence-corrected chi connectivity index (χ1v) is 15.9. The minimum Gasteiger partial charge on any atom is -0.490 e. The number of nitrogens with one attached hydrogen (secondary N) is 2. The number of benzene rings is 3. The Balaban J connectivity index is 1.43. The Morgan fingerprint density at radius 1 is 1.05 bits per heavy atom. The van der Waals surface area contributed by atoms with E-state index in [0.717, 1.165) is 33.1 Å². The van der Waals surface area contributed by atoms with Crippen molar-refractivity contribution < 1.29 is 23.9 Å². The standard InChI is InChI=1S/C32H30Cl2IN3O5/c1-42-29(40)17-38-11-9-22(10-12-38)43-27-8-6-21(35)15-23(27)30-32(24-7-5-20(34)14-26(24)36-31(32)41)25(16-28(39)37-30)18-3-2-4-19(33)13-18/h2-8,13-15,22,25,30H,9-12,16-17H2,1H3,(H,36,41)(H,37,39)/t25-,30+,32?/m0/s1. The molecule has 3 aliphatic rings. The van der Waals surface area contributed by atoms with Crippen LogP contribution in [0.2, 0.25) is 10.0 Å². The van der Waals surface area contributed by atoms with E-state index >= 15 is 0 Å². The van der Waals surface area contributed by atoms with Gasteiger partial charge in [0.25, 0.3) is 0 Å². The third kappa shape index (κ3) is 5.72. The van der Waals surface area contributed by atoms with Gasteiger partial charge in [0.05, 0.1) is 19.7 Å². The van der Waals surface area contributed by atoms with Gasteiger partial charge in [-0.05, 0) is 89.0 Å². The highest BCUT2D eigenvalue weighted by Crippen LogP contribution is 2.58. The summed E-state index contributed by atoms with van der Waals surface area (Å²) in [5.41, 5.74) is 1.71. The molecule has 8 nitrogen and oxygen atoms in total. The van der Waals surface area contributed by atoms with Gasteiger partial charge < -0.3 is 20.1 Å². The van der Waals surface area contributed by atoms with Gasteiger partial charge in [-0.15, -0.1) is 0 Å². The Hall–Kier alpha value is -2.86. The van der Waals surface area contributed by atoms with E-state index in [2.05, 4.69) is 38.1 Å². The molecule has 1 spiro atoms. The van der Waals surface area contributed by atoms with E-state index < -0.39 is 17.4 Å². The Morgan fingerprint density at radius 2 is 1.81 bits per heavy atom. The summed E-state index contributed by atoms with van der Waals surface area (Å²) < 4.78 is 12.4. The molecule has 3 aliphatic heterocycles. The van der Waals surface area contributed by atoms with Gasteiger partial charge in [0.2, 0.25) is 11.8 Å². The molecule has 0 aromatic heterocycles. The fourth-order valence-corrected chi connectivity index (χ4v) is 7.62. The molecule has 6 rings (SSSR count). The number of ether oxygens (including phenoxy) is 2. The summed E-state index contributed by atoms with van der Waals surface area (Å²) >= 11 is 15.0. The molecule has 3 aromatic carbocycles. The fourth-order valence-electron chi connectivity index (χ4n) is 6.73. The molecule has 11 heteroatoms. The van der Waals surface area contributed by atoms with E-state index in [0.29, 0.717) is 34.6 Å². The van der Waals surface area contributed by atoms with Gasteiger partial charge in [0.1, 0.15) is 17.3 Å². The van der Waals surface area contributed by atoms with E-state index in [1.165, 1.54) is 7.11 Å². The molecule has 0 radical (unpaired) electrons. The number of esters is 1. The molecule has 3 aromatic rings. The van der Waals surface area contributed by atoms with E-state index in [4.69, 9.17) is 32.7 Å². The summed E-state index contributed by atoms with van der Waals surface area (Å²) in [4.78, 5) is 41.7. The maximum absolute atomic E-state index is 14.4. The minimum absolute atomic E-state index is 0.102. The SMILES string of the molecule is COC(=O)CN1CCC(Oc2ccc(I)cc2[C@H]2NC(=O)C[C@@H](c3cccc(Cl)c3)C23C(=O)Nc2cc(Cl)ccc23)CC1. The monoisotopic (exact) mass is 733 g/mol. The van der Waals surface area contributed by atoms with Crippen LogP contribution in [0.4, 0.5) is 5.69 Å². The molecule has 43 heavy (non-hydrogen) atoms. The second-order valence-electron chi connectivity index (χ2n) is 11.2. The van der Waals surface area contributed by atoms with Gasteiger partial charge in [0, 0.05) is 50.3 Å². The normalized spacial score (nSPS) is 23.9. The van der Waals surface area contributed by atoms with Crippen LogP contribution in [0.1, 0.15) is 47.9 Å². The Bertz CT molecular complexity index is 1590. The summed E-state index contributed by atoms with van der Waals surface area (Å²) in [6.07, 6.45) is 1.44. The van der Waals surface area contributed by atoms with E-state index in [9.17, 15) is 14.4 Å². The van der Waals surface area contributed by atoms with Crippen molar-refractivity contribution in [2.45, 2.75) is 42.7 Å². The molecule has 2 N–H and O–H groups in total. The van der Waals surface area contributed by atoms with Crippen molar-refractivity contribution in [3.05, 3.63) is 91.0 Å². The average Bonchev–Trinajstić information content (AvgIpc) is 3.26. The minimum atomic E-state index is -1.20. The molecule has 0 saturated carbocycles. The van der Waals surface area contributed by atoms with Gasteiger partial charge in [-0.1, -0.05) is 41.4 Å². The van der Waals surface area contributed by atoms with Crippen LogP contribution in [-0.4, -0.2) is 55.5 Å². The first-order chi connectivity index (χ1) is 20.7. The lowest BCUT2D eigenvalue weighted by atomic mass is 9.59. The number of likely N-dealkylation sites (tertiary alicyclic amines) is 1. The molecule has 0 aliphatic carbocycles. The predicted molar refractivity (Wildman–Crippen MR) is 173 cm³/mol. The highest BCUT2D eigenvalue weighted by molar-refractivity contribution is 14.1. The number of nitrogens with zero attached hydrogens (tertiary/aromatic N) is 1. The number of carbonyl (C=O) groups is 3. The number of anilines is 1. The molecular weight excluding hydrogens is 704 g/mol. The molecule has 2 saturated heterocycles. The van der Waals surface area contributed by atoms with Crippen LogP contribution in [-0.2, 0) is 24.5 Å². The zero-order chi connectivity index (χ0) is 30.3. The van der Waals surface area contributed by atoms with Crippen LogP contribution < -0.4 is 15.4 Å². The quantitative estimate of drug-likeness (QED) is 0.244. The smallest absolute Gasteiger partial charge is 0.319 e. The molecule has 2 fully saturated rings. The van der Waals surface area contributed by atoms with Crippen LogP contribution in [0.15, 0.2) is 60.7 Å². The summed E-state index contributed by atoms with van der Waals surface area (Å²) in [6, 6.07) is 17.9. The highest BCUT2D eigenvalue weighted by atomic mass is 127. The number of rotatable bonds is 6. The summed E-state index contributed by atoms with van der Waals surface area (Å²) in [6.45, 7) is 1.63. The van der Waals surface area contributed by atoms with Gasteiger partial charge in [0.15, 0.2) is 0 Å². The van der Waals surface area contributed by atoms with E-state index in [1.54, 1.807) is 18.2 Å². The maximum Gasteiger partial charge on any atom is 0.319 e. The van der Waals surface area contributed by atoms with Crippen LogP contribution in [0.5, 0.6) is 5.75 Å². The van der Waals surface area contributed by atoms with Crippen molar-refractivity contribution in [3.63, 3.8) is 0 Å². The number of amides is 2. The highest BCUT2D eigenvalue weighted by Gasteiger charge is 2.61. The fraction of sp³-hybridized carbons (Fsp3) is 0.344. The second kappa shape index (κ2) is 12.3. The Labute approximate surface area is 273 Å². The van der Waals surface area contributed by atoms with E-state index in [1.807, 2.05) is 42.5 Å². The van der Waals surface area contributed by atoms with Crippen LogP contribution in [0, 0.1) is 3.57 Å². The lowest BCUT2D eigenvalue weighted by Gasteiger charge is -2.47. The lowest BCUT2D eigenvalue weighted by molar-refractivity contribution is -0.142. The predicted octanol–water partition coefficient (Wildman–Crippen LogP) is 5.85. The number of halogens is 3. The number of hydrogen-bond donors (Lipinski definition) is 2. The van der Waals surface area contributed by atoms with Gasteiger partial charge >= 0.3 is 5.97 Å². The third-order valence-electron chi connectivity index (χ3n) is 8.69. The number of methoxy groups -OCH3 is 1. The maximum atomic E-state index is 14.4. The van der Waals surface area contributed by atoms with Crippen LogP contribution in [0.3, 0.4) is 0 Å². The summed E-state index contributed by atoms with van der Waals surface area (Å²) in [7, 11) is 1.39. The summed E-state index contributed by atoms with van der Waals surface area (Å²) in [5.74, 6) is -0.557. The van der Waals surface area contributed by atoms with Gasteiger partial charge in [-0.25, -0.2) is 0 Å². The second-order valence-corrected chi connectivity index (χ2v) is 13.3. The number of piperidine rings is 2. The lowest BCUT2D eigenvalue weighted by Crippen LogP contribution is -2.57. The Kier molecular flexibility index (Phi) is 8.61. The van der Waals surface area contributed by atoms with Crippen molar-refractivity contribution in [1.29, 1.82) is 0 Å². The molecule has 0 bridgehead atoms. The molecule has 1 unspecified atom stereocenters. The van der Waals surface area contributed by atoms with E-state index in [-0.39, 0.29) is 36.9 Å². The van der Waals surface area contributed by atoms with Crippen molar-refractivity contribution >= 4 is 69.3 Å². The molecule has 3 atom stereocenters. The number of hydrogen-bond acceptors (Lipinski definition) is 6. The van der Waals surface area contributed by atoms with Crippen LogP contribution >= 0.6 is 45.8 Å². The molecule has 2 amide bonds. The molecular formula is C32H30Cl2IN3O5. The van der Waals surface area contributed by atoms with Crippen molar-refractivity contribution in [2.24, 2.45) is 0 Å². The van der Waals surface area contributed by atoms with Crippen molar-refractivity contribution in [3.8, 4) is 5.75 Å². The van der Waals surface area contributed by atoms with Crippen molar-refractivity contribution in [1.82, 2.24) is 10.2 Å². The average molecular weight is 734 g/mol. The number of fused-ring (bicyclic) bond motifs is 2.